The molecule has 0 radical (unpaired) electrons. The van der Waals surface area contributed by atoms with Crippen molar-refractivity contribution in [3.8, 4) is 0 Å². The summed E-state index contributed by atoms with van der Waals surface area (Å²) in [5, 5.41) is 7.09. The van der Waals surface area contributed by atoms with Crippen molar-refractivity contribution < 1.29 is 9.32 Å². The van der Waals surface area contributed by atoms with Crippen LogP contribution in [-0.2, 0) is 4.79 Å². The van der Waals surface area contributed by atoms with Crippen molar-refractivity contribution in [2.24, 2.45) is 0 Å². The molecule has 1 amide bonds. The average molecular weight is 320 g/mol. The van der Waals surface area contributed by atoms with Crippen molar-refractivity contribution >= 4 is 23.5 Å². The quantitative estimate of drug-likeness (QED) is 0.868. The Kier molecular flexibility index (Phi) is 3.78. The molecule has 0 bridgehead atoms. The SMILES string of the molecule is Cc1cc(NC(=O)CC2CSc3nc(C)c(C)c(=O)n32)no1. The first-order valence-corrected chi connectivity index (χ1v) is 7.90. The van der Waals surface area contributed by atoms with Crippen molar-refractivity contribution in [2.75, 3.05) is 11.1 Å². The molecule has 116 valence electrons. The summed E-state index contributed by atoms with van der Waals surface area (Å²) in [5.41, 5.74) is 1.30. The van der Waals surface area contributed by atoms with Crippen molar-refractivity contribution in [1.82, 2.24) is 14.7 Å². The molecule has 0 aromatic carbocycles. The number of nitrogens with one attached hydrogen (secondary N) is 1. The summed E-state index contributed by atoms with van der Waals surface area (Å²) in [7, 11) is 0. The van der Waals surface area contributed by atoms with Crippen LogP contribution in [0.5, 0.6) is 0 Å². The van der Waals surface area contributed by atoms with E-state index in [4.69, 9.17) is 4.52 Å². The van der Waals surface area contributed by atoms with Gasteiger partial charge >= 0.3 is 0 Å². The number of fused-ring (bicyclic) bond motifs is 1. The molecule has 1 aliphatic rings. The van der Waals surface area contributed by atoms with E-state index in [0.717, 1.165) is 5.69 Å². The predicted molar refractivity (Wildman–Crippen MR) is 82.2 cm³/mol. The van der Waals surface area contributed by atoms with Crippen molar-refractivity contribution in [3.63, 3.8) is 0 Å². The average Bonchev–Trinajstić information content (AvgIpc) is 3.03. The smallest absolute Gasteiger partial charge is 0.257 e. The minimum atomic E-state index is -0.197. The highest BCUT2D eigenvalue weighted by molar-refractivity contribution is 7.99. The third-order valence-corrected chi connectivity index (χ3v) is 4.74. The summed E-state index contributed by atoms with van der Waals surface area (Å²) in [6.07, 6.45) is 0.204. The molecule has 7 nitrogen and oxygen atoms in total. The molecule has 1 N–H and O–H groups in total. The van der Waals surface area contributed by atoms with E-state index in [1.54, 1.807) is 24.5 Å². The Morgan fingerprint density at radius 1 is 1.50 bits per heavy atom. The number of anilines is 1. The van der Waals surface area contributed by atoms with E-state index in [9.17, 15) is 9.59 Å². The van der Waals surface area contributed by atoms with Gasteiger partial charge in [0.25, 0.3) is 5.56 Å². The van der Waals surface area contributed by atoms with Crippen LogP contribution in [0.1, 0.15) is 29.5 Å². The van der Waals surface area contributed by atoms with Crippen molar-refractivity contribution in [2.45, 2.75) is 38.4 Å². The Labute approximate surface area is 131 Å². The molecular formula is C14H16N4O3S. The zero-order valence-corrected chi connectivity index (χ0v) is 13.4. The van der Waals surface area contributed by atoms with Gasteiger partial charge in [-0.05, 0) is 20.8 Å². The number of hydrogen-bond donors (Lipinski definition) is 1. The number of hydrogen-bond acceptors (Lipinski definition) is 6. The summed E-state index contributed by atoms with van der Waals surface area (Å²) >= 11 is 1.50. The molecule has 0 saturated carbocycles. The van der Waals surface area contributed by atoms with Crippen LogP contribution in [0.2, 0.25) is 0 Å². The van der Waals surface area contributed by atoms with Crippen LogP contribution in [0.4, 0.5) is 5.82 Å². The molecule has 2 aromatic heterocycles. The summed E-state index contributed by atoms with van der Waals surface area (Å²) < 4.78 is 6.53. The lowest BCUT2D eigenvalue weighted by Crippen LogP contribution is -2.29. The van der Waals surface area contributed by atoms with Gasteiger partial charge < -0.3 is 9.84 Å². The molecule has 3 rings (SSSR count). The number of rotatable bonds is 3. The molecule has 22 heavy (non-hydrogen) atoms. The summed E-state index contributed by atoms with van der Waals surface area (Å²) in [6.45, 7) is 5.34. The van der Waals surface area contributed by atoms with Gasteiger partial charge in [0.15, 0.2) is 11.0 Å². The molecular weight excluding hydrogens is 304 g/mol. The minimum absolute atomic E-state index is 0.0671. The third-order valence-electron chi connectivity index (χ3n) is 3.64. The van der Waals surface area contributed by atoms with Crippen LogP contribution in [0.3, 0.4) is 0 Å². The lowest BCUT2D eigenvalue weighted by atomic mass is 10.2. The number of thioether (sulfide) groups is 1. The lowest BCUT2D eigenvalue weighted by molar-refractivity contribution is -0.116. The van der Waals surface area contributed by atoms with Gasteiger partial charge in [0.1, 0.15) is 5.76 Å². The number of amides is 1. The highest BCUT2D eigenvalue weighted by atomic mass is 32.2. The van der Waals surface area contributed by atoms with Crippen molar-refractivity contribution in [3.05, 3.63) is 33.4 Å². The van der Waals surface area contributed by atoms with Crippen LogP contribution >= 0.6 is 11.8 Å². The molecule has 0 aliphatic carbocycles. The number of aryl methyl sites for hydroxylation is 2. The Hall–Kier alpha value is -2.09. The fourth-order valence-corrected chi connectivity index (χ4v) is 3.54. The van der Waals surface area contributed by atoms with Crippen LogP contribution in [-0.4, -0.2) is 26.4 Å². The first kappa shape index (κ1) is 14.8. The number of aromatic nitrogens is 3. The Bertz CT molecular complexity index is 796. The highest BCUT2D eigenvalue weighted by Crippen LogP contribution is 2.32. The lowest BCUT2D eigenvalue weighted by Gasteiger charge is -2.13. The monoisotopic (exact) mass is 320 g/mol. The number of carbonyl (C=O) groups is 1. The van der Waals surface area contributed by atoms with Gasteiger partial charge in [0.05, 0.1) is 6.04 Å². The molecule has 3 heterocycles. The summed E-state index contributed by atoms with van der Waals surface area (Å²) in [4.78, 5) is 28.9. The zero-order chi connectivity index (χ0) is 15.9. The molecule has 2 aromatic rings. The third kappa shape index (κ3) is 2.66. The number of carbonyl (C=O) groups excluding carboxylic acids is 1. The molecule has 0 spiro atoms. The summed E-state index contributed by atoms with van der Waals surface area (Å²) in [5.74, 6) is 1.48. The van der Waals surface area contributed by atoms with Gasteiger partial charge in [-0.15, -0.1) is 0 Å². The van der Waals surface area contributed by atoms with Crippen LogP contribution in [0.15, 0.2) is 20.5 Å². The second kappa shape index (κ2) is 5.60. The molecule has 1 aliphatic heterocycles. The maximum absolute atomic E-state index is 12.4. The van der Waals surface area contributed by atoms with E-state index in [0.29, 0.717) is 28.1 Å². The fraction of sp³-hybridized carbons (Fsp3) is 0.429. The van der Waals surface area contributed by atoms with Gasteiger partial charge in [-0.3, -0.25) is 14.2 Å². The molecule has 1 unspecified atom stereocenters. The molecule has 0 saturated heterocycles. The Morgan fingerprint density at radius 3 is 2.95 bits per heavy atom. The standard InChI is InChI=1S/C14H16N4O3S/c1-7-4-11(17-21-7)16-12(19)5-10-6-22-14-15-9(3)8(2)13(20)18(10)14/h4,10H,5-6H2,1-3H3,(H,16,17,19). The Morgan fingerprint density at radius 2 is 2.27 bits per heavy atom. The van der Waals surface area contributed by atoms with E-state index in [2.05, 4.69) is 15.5 Å². The minimum Gasteiger partial charge on any atom is -0.360 e. The van der Waals surface area contributed by atoms with E-state index in [-0.39, 0.29) is 23.9 Å². The van der Waals surface area contributed by atoms with E-state index < -0.39 is 0 Å². The second-order valence-corrected chi connectivity index (χ2v) is 6.31. The zero-order valence-electron chi connectivity index (χ0n) is 12.5. The van der Waals surface area contributed by atoms with E-state index >= 15 is 0 Å². The molecule has 1 atom stereocenters. The fourth-order valence-electron chi connectivity index (χ4n) is 2.36. The highest BCUT2D eigenvalue weighted by Gasteiger charge is 2.28. The first-order valence-electron chi connectivity index (χ1n) is 6.91. The van der Waals surface area contributed by atoms with Crippen LogP contribution < -0.4 is 10.9 Å². The maximum Gasteiger partial charge on any atom is 0.257 e. The topological polar surface area (TPSA) is 90.0 Å². The van der Waals surface area contributed by atoms with Gasteiger partial charge in [0.2, 0.25) is 5.91 Å². The number of nitrogens with zero attached hydrogens (tertiary/aromatic N) is 3. The van der Waals surface area contributed by atoms with Gasteiger partial charge in [-0.25, -0.2) is 4.98 Å². The summed E-state index contributed by atoms with van der Waals surface area (Å²) in [6, 6.07) is 1.46. The first-order chi connectivity index (χ1) is 10.5. The largest absolute Gasteiger partial charge is 0.360 e. The van der Waals surface area contributed by atoms with Crippen molar-refractivity contribution in [1.29, 1.82) is 0 Å². The van der Waals surface area contributed by atoms with Crippen LogP contribution in [0.25, 0.3) is 0 Å². The predicted octanol–water partition coefficient (Wildman–Crippen LogP) is 1.83. The normalized spacial score (nSPS) is 16.6. The maximum atomic E-state index is 12.4. The van der Waals surface area contributed by atoms with Crippen LogP contribution in [0, 0.1) is 20.8 Å². The van der Waals surface area contributed by atoms with Gasteiger partial charge in [-0.1, -0.05) is 16.9 Å². The molecule has 0 fully saturated rings. The second-order valence-electron chi connectivity index (χ2n) is 5.32. The van der Waals surface area contributed by atoms with Gasteiger partial charge in [0, 0.05) is 29.5 Å². The van der Waals surface area contributed by atoms with E-state index in [1.165, 1.54) is 11.8 Å². The Balaban J connectivity index is 1.78. The van der Waals surface area contributed by atoms with E-state index in [1.807, 2.05) is 6.92 Å². The van der Waals surface area contributed by atoms with Gasteiger partial charge in [-0.2, -0.15) is 0 Å². The molecule has 8 heteroatoms.